The van der Waals surface area contributed by atoms with E-state index in [1.165, 1.54) is 6.07 Å². The monoisotopic (exact) mass is 306 g/mol. The minimum Gasteiger partial charge on any atom is -0.475 e. The third-order valence-electron chi connectivity index (χ3n) is 2.82. The number of carboxylic acids is 1. The summed E-state index contributed by atoms with van der Waals surface area (Å²) in [5, 5.41) is 8.83. The number of halogens is 1. The molecule has 6 nitrogen and oxygen atoms in total. The fourth-order valence-corrected chi connectivity index (χ4v) is 1.70. The van der Waals surface area contributed by atoms with E-state index in [4.69, 9.17) is 10.8 Å². The summed E-state index contributed by atoms with van der Waals surface area (Å²) in [7, 11) is 1.57. The SMILES string of the molecule is CCCC(=NC)C(N=C(N)C(=O)O)=NCc1ccccc1F. The molecule has 0 amide bonds. The van der Waals surface area contributed by atoms with Crippen molar-refractivity contribution in [1.82, 2.24) is 0 Å². The Bertz CT molecular complexity index is 624. The molecular weight excluding hydrogens is 287 g/mol. The van der Waals surface area contributed by atoms with Crippen LogP contribution < -0.4 is 5.73 Å². The average molecular weight is 306 g/mol. The van der Waals surface area contributed by atoms with Crippen LogP contribution in [-0.2, 0) is 11.3 Å². The van der Waals surface area contributed by atoms with E-state index in [9.17, 15) is 9.18 Å². The second-order valence-electron chi connectivity index (χ2n) is 4.45. The minimum atomic E-state index is -1.34. The zero-order valence-corrected chi connectivity index (χ0v) is 12.6. The molecule has 0 aliphatic heterocycles. The Balaban J connectivity index is 3.14. The Kier molecular flexibility index (Phi) is 6.88. The first kappa shape index (κ1) is 17.5. The molecule has 3 N–H and O–H groups in total. The summed E-state index contributed by atoms with van der Waals surface area (Å²) in [5.41, 5.74) is 6.26. The maximum absolute atomic E-state index is 13.6. The molecule has 0 heterocycles. The topological polar surface area (TPSA) is 100 Å². The van der Waals surface area contributed by atoms with Gasteiger partial charge in [0.05, 0.1) is 12.3 Å². The Morgan fingerprint density at radius 1 is 1.36 bits per heavy atom. The number of carboxylic acid groups (broad SMARTS) is 1. The maximum atomic E-state index is 13.6. The average Bonchev–Trinajstić information content (AvgIpc) is 2.50. The molecule has 0 saturated heterocycles. The van der Waals surface area contributed by atoms with Gasteiger partial charge >= 0.3 is 5.97 Å². The minimum absolute atomic E-state index is 0.0289. The molecule has 118 valence electrons. The largest absolute Gasteiger partial charge is 0.475 e. The van der Waals surface area contributed by atoms with E-state index in [1.807, 2.05) is 6.92 Å². The Morgan fingerprint density at radius 2 is 2.05 bits per heavy atom. The smallest absolute Gasteiger partial charge is 0.371 e. The zero-order valence-electron chi connectivity index (χ0n) is 12.6. The number of benzene rings is 1. The number of rotatable bonds is 5. The highest BCUT2D eigenvalue weighted by Crippen LogP contribution is 2.08. The van der Waals surface area contributed by atoms with Crippen LogP contribution in [-0.4, -0.2) is 35.5 Å². The van der Waals surface area contributed by atoms with Crippen molar-refractivity contribution >= 4 is 23.4 Å². The van der Waals surface area contributed by atoms with Gasteiger partial charge in [-0.25, -0.2) is 14.2 Å². The highest BCUT2D eigenvalue weighted by Gasteiger charge is 2.11. The summed E-state index contributed by atoms with van der Waals surface area (Å²) in [6.07, 6.45) is 1.36. The number of nitrogens with two attached hydrogens (primary N) is 1. The lowest BCUT2D eigenvalue weighted by atomic mass is 10.2. The molecule has 1 rings (SSSR count). The third-order valence-corrected chi connectivity index (χ3v) is 2.82. The molecule has 0 radical (unpaired) electrons. The predicted molar refractivity (Wildman–Crippen MR) is 85.1 cm³/mol. The summed E-state index contributed by atoms with van der Waals surface area (Å²) in [5.74, 6) is -2.19. The summed E-state index contributed by atoms with van der Waals surface area (Å²) < 4.78 is 13.6. The lowest BCUT2D eigenvalue weighted by Crippen LogP contribution is -2.26. The van der Waals surface area contributed by atoms with Crippen LogP contribution in [0.25, 0.3) is 0 Å². The molecule has 1 aromatic carbocycles. The summed E-state index contributed by atoms with van der Waals surface area (Å²) in [6, 6.07) is 6.22. The first-order chi connectivity index (χ1) is 10.5. The molecule has 0 fully saturated rings. The standard InChI is InChI=1S/C15H19FN4O2/c1-3-6-12(18-2)14(20-13(17)15(21)22)19-9-10-7-4-5-8-11(10)16/h4-5,7-8H,3,6,9H2,1-2H3,(H,21,22)(H2,17,19,20). The van der Waals surface area contributed by atoms with Crippen molar-refractivity contribution in [1.29, 1.82) is 0 Å². The lowest BCUT2D eigenvalue weighted by Gasteiger charge is -2.06. The van der Waals surface area contributed by atoms with Gasteiger partial charge in [0.15, 0.2) is 5.84 Å². The van der Waals surface area contributed by atoms with Gasteiger partial charge in [0.25, 0.3) is 0 Å². The molecular formula is C15H19FN4O2. The molecule has 0 spiro atoms. The van der Waals surface area contributed by atoms with Crippen LogP contribution in [0.2, 0.25) is 0 Å². The van der Waals surface area contributed by atoms with Crippen molar-refractivity contribution in [2.75, 3.05) is 7.05 Å². The van der Waals surface area contributed by atoms with E-state index < -0.39 is 11.8 Å². The highest BCUT2D eigenvalue weighted by molar-refractivity contribution is 6.47. The Hall–Kier alpha value is -2.57. The van der Waals surface area contributed by atoms with Crippen LogP contribution in [0.3, 0.4) is 0 Å². The van der Waals surface area contributed by atoms with Gasteiger partial charge in [-0.15, -0.1) is 0 Å². The number of nitrogens with zero attached hydrogens (tertiary/aromatic N) is 3. The second kappa shape index (κ2) is 8.66. The van der Waals surface area contributed by atoms with E-state index in [-0.39, 0.29) is 18.2 Å². The molecule has 0 unspecified atom stereocenters. The van der Waals surface area contributed by atoms with Crippen LogP contribution in [0.5, 0.6) is 0 Å². The van der Waals surface area contributed by atoms with Gasteiger partial charge in [-0.1, -0.05) is 31.5 Å². The summed E-state index contributed by atoms with van der Waals surface area (Å²) >= 11 is 0. The highest BCUT2D eigenvalue weighted by atomic mass is 19.1. The molecule has 0 aliphatic carbocycles. The van der Waals surface area contributed by atoms with Gasteiger partial charge in [0.1, 0.15) is 5.82 Å². The Morgan fingerprint density at radius 3 is 2.59 bits per heavy atom. The number of hydrogen-bond acceptors (Lipinski definition) is 3. The van der Waals surface area contributed by atoms with Gasteiger partial charge in [0, 0.05) is 12.6 Å². The molecule has 0 aromatic heterocycles. The van der Waals surface area contributed by atoms with Crippen molar-refractivity contribution in [3.8, 4) is 0 Å². The van der Waals surface area contributed by atoms with Crippen molar-refractivity contribution in [2.45, 2.75) is 26.3 Å². The van der Waals surface area contributed by atoms with Crippen LogP contribution >= 0.6 is 0 Å². The number of hydrogen-bond donors (Lipinski definition) is 2. The van der Waals surface area contributed by atoms with Crippen molar-refractivity contribution < 1.29 is 14.3 Å². The van der Waals surface area contributed by atoms with Crippen LogP contribution in [0.4, 0.5) is 4.39 Å². The van der Waals surface area contributed by atoms with Gasteiger partial charge in [-0.3, -0.25) is 9.98 Å². The number of aliphatic imine (C=N–C) groups is 3. The van der Waals surface area contributed by atoms with Crippen molar-refractivity contribution in [2.24, 2.45) is 20.7 Å². The van der Waals surface area contributed by atoms with E-state index in [1.54, 1.807) is 25.2 Å². The molecule has 7 heteroatoms. The number of aliphatic carboxylic acids is 1. The third kappa shape index (κ3) is 5.08. The van der Waals surface area contributed by atoms with Gasteiger partial charge in [-0.2, -0.15) is 0 Å². The Labute approximate surface area is 128 Å². The molecule has 0 bridgehead atoms. The zero-order chi connectivity index (χ0) is 16.5. The lowest BCUT2D eigenvalue weighted by molar-refractivity contribution is -0.129. The summed E-state index contributed by atoms with van der Waals surface area (Å²) in [6.45, 7) is 1.98. The van der Waals surface area contributed by atoms with Gasteiger partial charge < -0.3 is 10.8 Å². The van der Waals surface area contributed by atoms with E-state index in [2.05, 4.69) is 15.0 Å². The number of carbonyl (C=O) groups is 1. The van der Waals surface area contributed by atoms with Crippen LogP contribution in [0, 0.1) is 5.82 Å². The van der Waals surface area contributed by atoms with E-state index in [0.717, 1.165) is 6.42 Å². The first-order valence-corrected chi connectivity index (χ1v) is 6.80. The van der Waals surface area contributed by atoms with Crippen LogP contribution in [0.1, 0.15) is 25.3 Å². The first-order valence-electron chi connectivity index (χ1n) is 6.80. The van der Waals surface area contributed by atoms with Gasteiger partial charge in [-0.05, 0) is 12.5 Å². The van der Waals surface area contributed by atoms with E-state index in [0.29, 0.717) is 17.7 Å². The predicted octanol–water partition coefficient (Wildman–Crippen LogP) is 2.04. The molecule has 22 heavy (non-hydrogen) atoms. The fourth-order valence-electron chi connectivity index (χ4n) is 1.70. The van der Waals surface area contributed by atoms with Crippen molar-refractivity contribution in [3.63, 3.8) is 0 Å². The van der Waals surface area contributed by atoms with E-state index >= 15 is 0 Å². The normalized spacial score (nSPS) is 13.3. The van der Waals surface area contributed by atoms with Gasteiger partial charge in [0.2, 0.25) is 5.84 Å². The molecule has 1 aromatic rings. The molecule has 0 atom stereocenters. The molecule has 0 saturated carbocycles. The molecule has 0 aliphatic rings. The van der Waals surface area contributed by atoms with Crippen LogP contribution in [0.15, 0.2) is 39.2 Å². The van der Waals surface area contributed by atoms with Crippen molar-refractivity contribution in [3.05, 3.63) is 35.6 Å². The second-order valence-corrected chi connectivity index (χ2v) is 4.45. The quantitative estimate of drug-likeness (QED) is 0.643. The summed E-state index contributed by atoms with van der Waals surface area (Å²) in [4.78, 5) is 22.9. The maximum Gasteiger partial charge on any atom is 0.371 e. The fraction of sp³-hybridized carbons (Fsp3) is 0.333. The number of amidine groups is 2.